The molecule has 2 aromatic rings. The summed E-state index contributed by atoms with van der Waals surface area (Å²) < 4.78 is 5.90. The molecule has 0 spiro atoms. The standard InChI is InChI=1S/C11H4Cl2IN3O3S/c12-3-8-10(13)16-11(21-8)20-9-6(14)1-5(4-15)2-7(9)17(18)19/h1-2H,3H2. The van der Waals surface area contributed by atoms with E-state index in [0.29, 0.717) is 8.45 Å². The zero-order chi connectivity index (χ0) is 15.6. The van der Waals surface area contributed by atoms with Crippen LogP contribution in [-0.2, 0) is 5.88 Å². The number of aromatic nitrogens is 1. The summed E-state index contributed by atoms with van der Waals surface area (Å²) in [5.41, 5.74) is -0.130. The van der Waals surface area contributed by atoms with Crippen LogP contribution < -0.4 is 4.74 Å². The normalized spacial score (nSPS) is 10.2. The minimum atomic E-state index is -0.615. The van der Waals surface area contributed by atoms with Gasteiger partial charge in [0, 0.05) is 6.07 Å². The van der Waals surface area contributed by atoms with Gasteiger partial charge in [0.15, 0.2) is 0 Å². The second-order valence-electron chi connectivity index (χ2n) is 3.60. The van der Waals surface area contributed by atoms with E-state index >= 15 is 0 Å². The molecule has 0 aliphatic carbocycles. The Morgan fingerprint density at radius 2 is 2.29 bits per heavy atom. The van der Waals surface area contributed by atoms with E-state index in [1.54, 1.807) is 0 Å². The number of thiazole rings is 1. The molecule has 2 rings (SSSR count). The number of rotatable bonds is 4. The van der Waals surface area contributed by atoms with Crippen molar-refractivity contribution < 1.29 is 9.66 Å². The van der Waals surface area contributed by atoms with Crippen molar-refractivity contribution in [3.05, 3.63) is 41.4 Å². The van der Waals surface area contributed by atoms with Crippen molar-refractivity contribution in [1.29, 1.82) is 5.26 Å². The summed E-state index contributed by atoms with van der Waals surface area (Å²) >= 11 is 14.5. The third-order valence-corrected chi connectivity index (χ3v) is 4.88. The lowest BCUT2D eigenvalue weighted by molar-refractivity contribution is -0.385. The van der Waals surface area contributed by atoms with Gasteiger partial charge in [0.25, 0.3) is 5.19 Å². The van der Waals surface area contributed by atoms with Crippen LogP contribution in [0.3, 0.4) is 0 Å². The number of halogens is 3. The molecule has 0 N–H and O–H groups in total. The molecule has 0 saturated heterocycles. The number of ether oxygens (including phenoxy) is 1. The van der Waals surface area contributed by atoms with E-state index in [4.69, 9.17) is 33.2 Å². The van der Waals surface area contributed by atoms with Crippen molar-refractivity contribution in [2.45, 2.75) is 5.88 Å². The first kappa shape index (κ1) is 16.2. The first-order valence-electron chi connectivity index (χ1n) is 5.23. The molecule has 0 aliphatic rings. The van der Waals surface area contributed by atoms with Crippen LogP contribution in [0.1, 0.15) is 10.4 Å². The molecule has 0 radical (unpaired) electrons. The summed E-state index contributed by atoms with van der Waals surface area (Å²) in [6.45, 7) is 0. The minimum absolute atomic E-state index is 0.0196. The fraction of sp³-hybridized carbons (Fsp3) is 0.0909. The third kappa shape index (κ3) is 3.55. The van der Waals surface area contributed by atoms with Crippen LogP contribution in [0.25, 0.3) is 0 Å². The first-order valence-corrected chi connectivity index (χ1v) is 8.04. The summed E-state index contributed by atoms with van der Waals surface area (Å²) in [4.78, 5) is 15.1. The highest BCUT2D eigenvalue weighted by atomic mass is 127. The maximum absolute atomic E-state index is 11.1. The van der Waals surface area contributed by atoms with Gasteiger partial charge in [0.05, 0.1) is 30.9 Å². The minimum Gasteiger partial charge on any atom is -0.422 e. The van der Waals surface area contributed by atoms with E-state index in [9.17, 15) is 10.1 Å². The molecule has 1 aromatic heterocycles. The lowest BCUT2D eigenvalue weighted by atomic mass is 10.2. The largest absolute Gasteiger partial charge is 0.422 e. The number of nitriles is 1. The number of hydrogen-bond donors (Lipinski definition) is 0. The summed E-state index contributed by atoms with van der Waals surface area (Å²) in [6, 6.07) is 4.49. The van der Waals surface area contributed by atoms with E-state index in [2.05, 4.69) is 4.98 Å². The van der Waals surface area contributed by atoms with E-state index in [1.807, 2.05) is 28.7 Å². The van der Waals surface area contributed by atoms with Gasteiger partial charge in [-0.25, -0.2) is 0 Å². The van der Waals surface area contributed by atoms with Crippen molar-refractivity contribution in [2.75, 3.05) is 0 Å². The van der Waals surface area contributed by atoms with E-state index in [0.717, 1.165) is 17.4 Å². The summed E-state index contributed by atoms with van der Waals surface area (Å²) in [5.74, 6) is 0.193. The Morgan fingerprint density at radius 3 is 2.81 bits per heavy atom. The molecule has 1 heterocycles. The zero-order valence-electron chi connectivity index (χ0n) is 9.97. The second-order valence-corrected chi connectivity index (χ2v) is 6.44. The average molecular weight is 456 g/mol. The summed E-state index contributed by atoms with van der Waals surface area (Å²) in [5, 5.41) is 20.3. The van der Waals surface area contributed by atoms with Gasteiger partial charge in [-0.15, -0.1) is 11.6 Å². The lowest BCUT2D eigenvalue weighted by Crippen LogP contribution is -1.97. The molecule has 21 heavy (non-hydrogen) atoms. The number of benzene rings is 1. The maximum Gasteiger partial charge on any atom is 0.314 e. The van der Waals surface area contributed by atoms with Gasteiger partial charge in [0.1, 0.15) is 5.15 Å². The zero-order valence-corrected chi connectivity index (χ0v) is 14.5. The molecule has 0 saturated carbocycles. The molecule has 0 bridgehead atoms. The Hall–Kier alpha value is -1.15. The predicted octanol–water partition coefficient (Wildman–Crippen LogP) is 4.71. The highest BCUT2D eigenvalue weighted by Gasteiger charge is 2.23. The molecule has 0 amide bonds. The third-order valence-electron chi connectivity index (χ3n) is 2.29. The van der Waals surface area contributed by atoms with Gasteiger partial charge in [-0.3, -0.25) is 10.1 Å². The summed E-state index contributed by atoms with van der Waals surface area (Å²) in [6.07, 6.45) is 0. The van der Waals surface area contributed by atoms with Crippen LogP contribution in [0, 0.1) is 25.0 Å². The molecular formula is C11H4Cl2IN3O3S. The SMILES string of the molecule is N#Cc1cc(I)c(Oc2nc(Cl)c(CCl)s2)c([N+](=O)[O-])c1. The van der Waals surface area contributed by atoms with Crippen LogP contribution in [0.2, 0.25) is 5.15 Å². The van der Waals surface area contributed by atoms with Crippen LogP contribution in [0.5, 0.6) is 10.9 Å². The molecular weight excluding hydrogens is 452 g/mol. The van der Waals surface area contributed by atoms with E-state index in [-0.39, 0.29) is 33.2 Å². The quantitative estimate of drug-likeness (QED) is 0.288. The van der Waals surface area contributed by atoms with Crippen LogP contribution in [0.15, 0.2) is 12.1 Å². The van der Waals surface area contributed by atoms with E-state index < -0.39 is 4.92 Å². The number of nitro benzene ring substituents is 1. The maximum atomic E-state index is 11.1. The number of nitrogens with zero attached hydrogens (tertiary/aromatic N) is 3. The fourth-order valence-electron chi connectivity index (χ4n) is 1.41. The van der Waals surface area contributed by atoms with Crippen molar-refractivity contribution in [2.24, 2.45) is 0 Å². The van der Waals surface area contributed by atoms with Crippen molar-refractivity contribution in [3.63, 3.8) is 0 Å². The van der Waals surface area contributed by atoms with Gasteiger partial charge < -0.3 is 4.74 Å². The Balaban J connectivity index is 2.48. The van der Waals surface area contributed by atoms with Crippen LogP contribution in [-0.4, -0.2) is 9.91 Å². The smallest absolute Gasteiger partial charge is 0.314 e. The van der Waals surface area contributed by atoms with Crippen molar-refractivity contribution >= 4 is 62.8 Å². The average Bonchev–Trinajstić information content (AvgIpc) is 2.80. The number of alkyl halides is 1. The summed E-state index contributed by atoms with van der Waals surface area (Å²) in [7, 11) is 0. The molecule has 108 valence electrons. The second kappa shape index (κ2) is 6.74. The van der Waals surface area contributed by atoms with Crippen molar-refractivity contribution in [1.82, 2.24) is 4.98 Å². The van der Waals surface area contributed by atoms with Crippen molar-refractivity contribution in [3.8, 4) is 17.0 Å². The van der Waals surface area contributed by atoms with E-state index in [1.165, 1.54) is 6.07 Å². The van der Waals surface area contributed by atoms with Gasteiger partial charge in [-0.1, -0.05) is 22.9 Å². The van der Waals surface area contributed by atoms with Gasteiger partial charge in [0.2, 0.25) is 5.75 Å². The Kier molecular flexibility index (Phi) is 5.21. The molecule has 0 atom stereocenters. The number of hydrogen-bond acceptors (Lipinski definition) is 6. The number of nitro groups is 1. The Labute approximate surface area is 146 Å². The van der Waals surface area contributed by atoms with Crippen LogP contribution >= 0.6 is 57.1 Å². The van der Waals surface area contributed by atoms with Gasteiger partial charge in [-0.05, 0) is 28.7 Å². The Morgan fingerprint density at radius 1 is 1.57 bits per heavy atom. The highest BCUT2D eigenvalue weighted by Crippen LogP contribution is 2.39. The molecule has 1 aromatic carbocycles. The highest BCUT2D eigenvalue weighted by molar-refractivity contribution is 14.1. The fourth-order valence-corrected chi connectivity index (χ4v) is 3.45. The lowest BCUT2D eigenvalue weighted by Gasteiger charge is -2.05. The van der Waals surface area contributed by atoms with Gasteiger partial charge >= 0.3 is 5.69 Å². The van der Waals surface area contributed by atoms with Crippen LogP contribution in [0.4, 0.5) is 5.69 Å². The Bertz CT molecular complexity index is 760. The molecule has 6 nitrogen and oxygen atoms in total. The first-order chi connectivity index (χ1) is 9.96. The monoisotopic (exact) mass is 455 g/mol. The topological polar surface area (TPSA) is 89.0 Å². The molecule has 0 fully saturated rings. The molecule has 0 unspecified atom stereocenters. The predicted molar refractivity (Wildman–Crippen MR) is 87.3 cm³/mol. The van der Waals surface area contributed by atoms with Gasteiger partial charge in [-0.2, -0.15) is 10.2 Å². The molecule has 0 aliphatic heterocycles. The molecule has 10 heteroatoms.